The molecule has 2 N–H and O–H groups in total. The normalized spacial score (nSPS) is 14.1. The third kappa shape index (κ3) is 4.83. The Hall–Kier alpha value is -2.71. The summed E-state index contributed by atoms with van der Waals surface area (Å²) in [4.78, 5) is 23.8. The fraction of sp³-hybridized carbons (Fsp3) is 0.286. The number of hydrogen-bond acceptors (Lipinski definition) is 6. The van der Waals surface area contributed by atoms with E-state index in [1.807, 2.05) is 49.4 Å². The molecule has 1 aliphatic rings. The van der Waals surface area contributed by atoms with E-state index in [0.29, 0.717) is 11.4 Å². The lowest BCUT2D eigenvalue weighted by molar-refractivity contribution is -0.118. The zero-order valence-electron chi connectivity index (χ0n) is 16.1. The number of ether oxygens (including phenoxy) is 1. The van der Waals surface area contributed by atoms with Gasteiger partial charge in [-0.3, -0.25) is 4.79 Å². The summed E-state index contributed by atoms with van der Waals surface area (Å²) in [6.07, 6.45) is 0. The second-order valence-electron chi connectivity index (χ2n) is 6.87. The van der Waals surface area contributed by atoms with Crippen molar-refractivity contribution in [3.63, 3.8) is 0 Å². The van der Waals surface area contributed by atoms with Gasteiger partial charge in [-0.15, -0.1) is 0 Å². The van der Waals surface area contributed by atoms with Crippen molar-refractivity contribution in [1.29, 1.82) is 0 Å². The van der Waals surface area contributed by atoms with Crippen LogP contribution in [-0.2, 0) is 4.79 Å². The molecule has 29 heavy (non-hydrogen) atoms. The van der Waals surface area contributed by atoms with Gasteiger partial charge in [0.15, 0.2) is 6.61 Å². The molecule has 0 aliphatic carbocycles. The summed E-state index contributed by atoms with van der Waals surface area (Å²) in [6, 6.07) is 13.0. The average Bonchev–Trinajstić information content (AvgIpc) is 2.74. The lowest BCUT2D eigenvalue weighted by Crippen LogP contribution is -2.44. The van der Waals surface area contributed by atoms with Crippen LogP contribution in [0.25, 0.3) is 10.9 Å². The van der Waals surface area contributed by atoms with E-state index in [4.69, 9.17) is 9.72 Å². The van der Waals surface area contributed by atoms with Gasteiger partial charge in [-0.25, -0.2) is 9.97 Å². The topological polar surface area (TPSA) is 79.4 Å². The third-order valence-corrected chi connectivity index (χ3v) is 5.27. The predicted molar refractivity (Wildman–Crippen MR) is 118 cm³/mol. The van der Waals surface area contributed by atoms with Gasteiger partial charge in [0.2, 0.25) is 5.95 Å². The van der Waals surface area contributed by atoms with Gasteiger partial charge in [-0.1, -0.05) is 15.9 Å². The minimum absolute atomic E-state index is 0.0584. The molecule has 1 amide bonds. The predicted octanol–water partition coefficient (Wildman–Crippen LogP) is 3.13. The fourth-order valence-electron chi connectivity index (χ4n) is 3.23. The smallest absolute Gasteiger partial charge is 0.262 e. The number of benzene rings is 2. The van der Waals surface area contributed by atoms with Gasteiger partial charge in [-0.2, -0.15) is 0 Å². The van der Waals surface area contributed by atoms with Crippen molar-refractivity contribution in [3.8, 4) is 5.75 Å². The van der Waals surface area contributed by atoms with Crippen LogP contribution in [0.5, 0.6) is 5.75 Å². The van der Waals surface area contributed by atoms with Gasteiger partial charge in [0, 0.05) is 41.7 Å². The summed E-state index contributed by atoms with van der Waals surface area (Å²) in [5.41, 5.74) is 2.46. The highest BCUT2D eigenvalue weighted by molar-refractivity contribution is 9.10. The number of halogens is 1. The zero-order valence-corrected chi connectivity index (χ0v) is 17.7. The van der Waals surface area contributed by atoms with Crippen LogP contribution in [0.3, 0.4) is 0 Å². The molecule has 150 valence electrons. The van der Waals surface area contributed by atoms with E-state index in [1.54, 1.807) is 0 Å². The number of hydrogen-bond donors (Lipinski definition) is 2. The van der Waals surface area contributed by atoms with E-state index in [-0.39, 0.29) is 12.5 Å². The maximum absolute atomic E-state index is 12.2. The first-order valence-electron chi connectivity index (χ1n) is 9.51. The molecule has 0 saturated carbocycles. The molecule has 1 aliphatic heterocycles. The monoisotopic (exact) mass is 455 g/mol. The maximum atomic E-state index is 12.2. The van der Waals surface area contributed by atoms with Crippen LogP contribution in [0.1, 0.15) is 5.69 Å². The number of amides is 1. The molecule has 2 heterocycles. The first-order valence-corrected chi connectivity index (χ1v) is 10.3. The number of nitrogens with one attached hydrogen (secondary N) is 2. The number of aryl methyl sites for hydroxylation is 1. The number of nitrogens with zero attached hydrogens (tertiary/aromatic N) is 3. The second kappa shape index (κ2) is 8.75. The third-order valence-electron chi connectivity index (χ3n) is 4.74. The molecule has 0 spiro atoms. The van der Waals surface area contributed by atoms with Crippen LogP contribution >= 0.6 is 15.9 Å². The van der Waals surface area contributed by atoms with Gasteiger partial charge < -0.3 is 20.3 Å². The van der Waals surface area contributed by atoms with E-state index in [2.05, 4.69) is 36.4 Å². The Labute approximate surface area is 177 Å². The lowest BCUT2D eigenvalue weighted by atomic mass is 10.1. The van der Waals surface area contributed by atoms with Crippen LogP contribution in [-0.4, -0.2) is 48.7 Å². The highest BCUT2D eigenvalue weighted by atomic mass is 79.9. The van der Waals surface area contributed by atoms with Gasteiger partial charge in [-0.05, 0) is 49.4 Å². The zero-order chi connectivity index (χ0) is 20.2. The Bertz CT molecular complexity index is 1020. The molecule has 0 atom stereocenters. The van der Waals surface area contributed by atoms with Crippen LogP contribution in [0, 0.1) is 6.92 Å². The van der Waals surface area contributed by atoms with E-state index in [1.165, 1.54) is 0 Å². The first kappa shape index (κ1) is 19.6. The Balaban J connectivity index is 1.44. The molecule has 2 aromatic carbocycles. The summed E-state index contributed by atoms with van der Waals surface area (Å²) in [5, 5.41) is 7.14. The molecular formula is C21H22BrN5O2. The molecular weight excluding hydrogens is 434 g/mol. The number of carbonyl (C=O) groups is 1. The van der Waals surface area contributed by atoms with Gasteiger partial charge >= 0.3 is 0 Å². The summed E-state index contributed by atoms with van der Waals surface area (Å²) >= 11 is 3.37. The molecule has 0 bridgehead atoms. The van der Waals surface area contributed by atoms with Gasteiger partial charge in [0.05, 0.1) is 11.2 Å². The number of aromatic nitrogens is 2. The number of fused-ring (bicyclic) bond motifs is 1. The van der Waals surface area contributed by atoms with Crippen molar-refractivity contribution in [2.75, 3.05) is 43.0 Å². The molecule has 1 saturated heterocycles. The molecule has 4 rings (SSSR count). The molecule has 3 aromatic rings. The number of piperazine rings is 1. The van der Waals surface area contributed by atoms with E-state index in [0.717, 1.165) is 53.2 Å². The Morgan fingerprint density at radius 1 is 1.17 bits per heavy atom. The Morgan fingerprint density at radius 3 is 2.69 bits per heavy atom. The molecule has 7 nitrogen and oxygen atoms in total. The fourth-order valence-corrected chi connectivity index (χ4v) is 3.49. The average molecular weight is 456 g/mol. The van der Waals surface area contributed by atoms with Crippen molar-refractivity contribution < 1.29 is 9.53 Å². The van der Waals surface area contributed by atoms with Crippen LogP contribution < -0.4 is 20.3 Å². The van der Waals surface area contributed by atoms with Crippen LogP contribution in [0.4, 0.5) is 11.6 Å². The summed E-state index contributed by atoms with van der Waals surface area (Å²) in [7, 11) is 0. The summed E-state index contributed by atoms with van der Waals surface area (Å²) in [5.74, 6) is 1.19. The molecule has 1 aromatic heterocycles. The van der Waals surface area contributed by atoms with Gasteiger partial charge in [0.25, 0.3) is 5.91 Å². The highest BCUT2D eigenvalue weighted by Gasteiger charge is 2.15. The molecule has 8 heteroatoms. The summed E-state index contributed by atoms with van der Waals surface area (Å²) < 4.78 is 6.48. The molecule has 1 fully saturated rings. The largest absolute Gasteiger partial charge is 0.484 e. The van der Waals surface area contributed by atoms with Crippen LogP contribution in [0.2, 0.25) is 0 Å². The number of carbonyl (C=O) groups excluding carboxylic acids is 1. The van der Waals surface area contributed by atoms with Crippen LogP contribution in [0.15, 0.2) is 46.9 Å². The SMILES string of the molecule is Cc1nc(N2CCNCC2)nc2ccc(NC(=O)COc3ccc(Br)cc3)cc12. The van der Waals surface area contributed by atoms with Gasteiger partial charge in [0.1, 0.15) is 5.75 Å². The van der Waals surface area contributed by atoms with Crippen molar-refractivity contribution in [2.45, 2.75) is 6.92 Å². The lowest BCUT2D eigenvalue weighted by Gasteiger charge is -2.27. The minimum atomic E-state index is -0.219. The summed E-state index contributed by atoms with van der Waals surface area (Å²) in [6.45, 7) is 5.59. The molecule has 0 radical (unpaired) electrons. The standard InChI is InChI=1S/C21H22BrN5O2/c1-14-18-12-16(25-20(28)13-29-17-5-2-15(22)3-6-17)4-7-19(18)26-21(24-14)27-10-8-23-9-11-27/h2-7,12,23H,8-11,13H2,1H3,(H,25,28). The van der Waals surface area contributed by atoms with Crippen molar-refractivity contribution in [1.82, 2.24) is 15.3 Å². The van der Waals surface area contributed by atoms with E-state index in [9.17, 15) is 4.79 Å². The Morgan fingerprint density at radius 2 is 1.93 bits per heavy atom. The van der Waals surface area contributed by atoms with Crippen molar-refractivity contribution in [3.05, 3.63) is 52.6 Å². The highest BCUT2D eigenvalue weighted by Crippen LogP contribution is 2.23. The Kier molecular flexibility index (Phi) is 5.92. The maximum Gasteiger partial charge on any atom is 0.262 e. The number of anilines is 2. The van der Waals surface area contributed by atoms with Crippen molar-refractivity contribution in [2.24, 2.45) is 0 Å². The first-order chi connectivity index (χ1) is 14.1. The van der Waals surface area contributed by atoms with E-state index >= 15 is 0 Å². The van der Waals surface area contributed by atoms with E-state index < -0.39 is 0 Å². The second-order valence-corrected chi connectivity index (χ2v) is 7.78. The number of rotatable bonds is 5. The minimum Gasteiger partial charge on any atom is -0.484 e. The van der Waals surface area contributed by atoms with Crippen molar-refractivity contribution >= 4 is 44.4 Å². The molecule has 0 unspecified atom stereocenters. The quantitative estimate of drug-likeness (QED) is 0.615.